The summed E-state index contributed by atoms with van der Waals surface area (Å²) in [6.07, 6.45) is 0. The van der Waals surface area contributed by atoms with Crippen molar-refractivity contribution in [3.8, 4) is 0 Å². The predicted molar refractivity (Wildman–Crippen MR) is 138 cm³/mol. The number of halogens is 2. The summed E-state index contributed by atoms with van der Waals surface area (Å²) in [5.41, 5.74) is 13.9. The van der Waals surface area contributed by atoms with Gasteiger partial charge in [0.1, 0.15) is 0 Å². The summed E-state index contributed by atoms with van der Waals surface area (Å²) in [5, 5.41) is 4.88. The molecule has 0 spiro atoms. The van der Waals surface area contributed by atoms with Gasteiger partial charge >= 0.3 is 0 Å². The highest BCUT2D eigenvalue weighted by Gasteiger charge is 2.26. The Morgan fingerprint density at radius 3 is 1.47 bits per heavy atom. The van der Waals surface area contributed by atoms with Gasteiger partial charge in [-0.05, 0) is 78.1 Å². The van der Waals surface area contributed by atoms with Crippen LogP contribution >= 0.6 is 31.9 Å². The summed E-state index contributed by atoms with van der Waals surface area (Å²) < 4.78 is 4.34. The maximum absolute atomic E-state index is 6.60. The van der Waals surface area contributed by atoms with Gasteiger partial charge in [0, 0.05) is 21.5 Å². The molecule has 2 aromatic heterocycles. The molecular formula is C26H26Br2N2. The molecule has 0 aliphatic carbocycles. The van der Waals surface area contributed by atoms with Gasteiger partial charge in [-0.1, -0.05) is 53.7 Å². The number of rotatable bonds is 0. The van der Waals surface area contributed by atoms with E-state index < -0.39 is 0 Å². The lowest BCUT2D eigenvalue weighted by Crippen LogP contribution is -2.10. The van der Waals surface area contributed by atoms with Crippen molar-refractivity contribution in [1.29, 1.82) is 0 Å². The fourth-order valence-corrected chi connectivity index (χ4v) is 6.05. The van der Waals surface area contributed by atoms with E-state index in [-0.39, 0.29) is 10.8 Å². The van der Waals surface area contributed by atoms with Crippen LogP contribution in [0.3, 0.4) is 0 Å². The number of hydrogen-bond donors (Lipinski definition) is 1. The van der Waals surface area contributed by atoms with Gasteiger partial charge in [-0.15, -0.1) is 0 Å². The average molecular weight is 526 g/mol. The highest BCUT2D eigenvalue weighted by Crippen LogP contribution is 2.49. The van der Waals surface area contributed by atoms with Crippen LogP contribution in [0.5, 0.6) is 0 Å². The maximum Gasteiger partial charge on any atom is 0.0644 e. The van der Waals surface area contributed by atoms with Crippen LogP contribution in [0.2, 0.25) is 0 Å². The minimum absolute atomic E-state index is 0.0858. The number of benzene rings is 3. The lowest BCUT2D eigenvalue weighted by Gasteiger charge is -2.20. The number of nitrogens with zero attached hydrogens (tertiary/aromatic N) is 1. The van der Waals surface area contributed by atoms with Crippen molar-refractivity contribution in [1.82, 2.24) is 4.40 Å². The third-order valence-corrected chi connectivity index (χ3v) is 8.00. The quantitative estimate of drug-likeness (QED) is 0.202. The fraction of sp³-hybridized carbons (Fsp3) is 0.308. The van der Waals surface area contributed by atoms with E-state index in [0.29, 0.717) is 0 Å². The topological polar surface area (TPSA) is 30.4 Å². The van der Waals surface area contributed by atoms with Gasteiger partial charge < -0.3 is 10.1 Å². The Labute approximate surface area is 194 Å². The summed E-state index contributed by atoms with van der Waals surface area (Å²) in [7, 11) is 0. The summed E-state index contributed by atoms with van der Waals surface area (Å²) >= 11 is 7.65. The van der Waals surface area contributed by atoms with Gasteiger partial charge in [0.15, 0.2) is 0 Å². The molecule has 2 nitrogen and oxygen atoms in total. The van der Waals surface area contributed by atoms with E-state index in [0.717, 1.165) is 14.6 Å². The molecule has 5 aromatic rings. The number of nitrogen functional groups attached to an aromatic ring is 1. The summed E-state index contributed by atoms with van der Waals surface area (Å²) in [6, 6.07) is 13.7. The van der Waals surface area contributed by atoms with Crippen LogP contribution in [0.15, 0.2) is 45.3 Å². The standard InChI is InChI=1S/C26H26Br2N2/c1-25(2,3)13-7-9-17-15(11-13)19-21(27)23(29)22(28)20-16-12-14(26(4,5)6)8-10-18(16)30(17)24(19)20/h7-12H,29H2,1-6H3. The molecule has 0 amide bonds. The van der Waals surface area contributed by atoms with Gasteiger partial charge in [0.25, 0.3) is 0 Å². The molecule has 0 aliphatic rings. The summed E-state index contributed by atoms with van der Waals surface area (Å²) in [6.45, 7) is 13.5. The normalized spacial score (nSPS) is 13.5. The molecule has 0 unspecified atom stereocenters. The zero-order chi connectivity index (χ0) is 21.7. The Morgan fingerprint density at radius 2 is 1.10 bits per heavy atom. The van der Waals surface area contributed by atoms with E-state index >= 15 is 0 Å². The van der Waals surface area contributed by atoms with E-state index in [2.05, 4.69) is 114 Å². The first kappa shape index (κ1) is 20.1. The third-order valence-electron chi connectivity index (χ3n) is 6.35. The zero-order valence-corrected chi connectivity index (χ0v) is 21.4. The van der Waals surface area contributed by atoms with Crippen molar-refractivity contribution < 1.29 is 0 Å². The first-order chi connectivity index (χ1) is 13.9. The molecule has 0 saturated carbocycles. The average Bonchev–Trinajstić information content (AvgIpc) is 3.15. The lowest BCUT2D eigenvalue weighted by atomic mass is 9.86. The summed E-state index contributed by atoms with van der Waals surface area (Å²) in [4.78, 5) is 0. The maximum atomic E-state index is 6.60. The second kappa shape index (κ2) is 6.14. The molecular weight excluding hydrogens is 500 g/mol. The van der Waals surface area contributed by atoms with Crippen molar-refractivity contribution in [2.75, 3.05) is 5.73 Å². The van der Waals surface area contributed by atoms with Crippen LogP contribution in [0, 0.1) is 0 Å². The second-order valence-electron chi connectivity index (χ2n) is 10.4. The number of hydrogen-bond acceptors (Lipinski definition) is 1. The first-order valence-electron chi connectivity index (χ1n) is 10.3. The Kier molecular flexibility index (Phi) is 4.12. The Bertz CT molecular complexity index is 1370. The van der Waals surface area contributed by atoms with Crippen LogP contribution < -0.4 is 5.73 Å². The predicted octanol–water partition coefficient (Wildman–Crippen LogP) is 8.54. The third kappa shape index (κ3) is 2.59. The minimum Gasteiger partial charge on any atom is -0.397 e. The fourth-order valence-electron chi connectivity index (χ4n) is 4.58. The molecule has 0 atom stereocenters. The van der Waals surface area contributed by atoms with Crippen molar-refractivity contribution >= 4 is 75.6 Å². The van der Waals surface area contributed by atoms with Crippen molar-refractivity contribution in [3.63, 3.8) is 0 Å². The van der Waals surface area contributed by atoms with E-state index in [1.807, 2.05) is 0 Å². The molecule has 4 heteroatoms. The van der Waals surface area contributed by atoms with Crippen molar-refractivity contribution in [2.45, 2.75) is 52.4 Å². The minimum atomic E-state index is 0.0858. The molecule has 154 valence electrons. The van der Waals surface area contributed by atoms with Gasteiger partial charge in [0.2, 0.25) is 0 Å². The Morgan fingerprint density at radius 1 is 0.700 bits per heavy atom. The highest BCUT2D eigenvalue weighted by atomic mass is 79.9. The molecule has 2 heterocycles. The van der Waals surface area contributed by atoms with E-state index in [9.17, 15) is 0 Å². The van der Waals surface area contributed by atoms with Gasteiger partial charge in [0.05, 0.1) is 31.2 Å². The molecule has 5 rings (SSSR count). The smallest absolute Gasteiger partial charge is 0.0644 e. The molecule has 30 heavy (non-hydrogen) atoms. The highest BCUT2D eigenvalue weighted by molar-refractivity contribution is 9.11. The molecule has 3 aromatic carbocycles. The first-order valence-corrected chi connectivity index (χ1v) is 11.9. The number of fused-ring (bicyclic) bond motifs is 6. The van der Waals surface area contributed by atoms with E-state index in [1.165, 1.54) is 49.2 Å². The van der Waals surface area contributed by atoms with Crippen LogP contribution in [0.25, 0.3) is 38.1 Å². The monoisotopic (exact) mass is 524 g/mol. The Hall–Kier alpha value is -1.78. The van der Waals surface area contributed by atoms with Crippen LogP contribution in [0.1, 0.15) is 52.7 Å². The molecule has 2 N–H and O–H groups in total. The van der Waals surface area contributed by atoms with Gasteiger partial charge in [-0.2, -0.15) is 0 Å². The van der Waals surface area contributed by atoms with E-state index in [1.54, 1.807) is 0 Å². The van der Waals surface area contributed by atoms with Gasteiger partial charge in [-0.25, -0.2) is 0 Å². The number of nitrogens with two attached hydrogens (primary N) is 1. The summed E-state index contributed by atoms with van der Waals surface area (Å²) in [5.74, 6) is 0. The molecule has 0 fully saturated rings. The SMILES string of the molecule is CC(C)(C)c1ccc2c(c1)c1c(Br)c(N)c(Br)c3c4cc(C(C)(C)C)ccc4n2c13. The second-order valence-corrected chi connectivity index (χ2v) is 12.0. The Balaban J connectivity index is 2.07. The van der Waals surface area contributed by atoms with Crippen LogP contribution in [0.4, 0.5) is 5.69 Å². The van der Waals surface area contributed by atoms with Crippen LogP contribution in [-0.2, 0) is 10.8 Å². The molecule has 0 radical (unpaired) electrons. The number of anilines is 1. The lowest BCUT2D eigenvalue weighted by molar-refractivity contribution is 0.591. The number of aromatic nitrogens is 1. The molecule has 0 aliphatic heterocycles. The largest absolute Gasteiger partial charge is 0.397 e. The van der Waals surface area contributed by atoms with E-state index in [4.69, 9.17) is 5.73 Å². The van der Waals surface area contributed by atoms with Gasteiger partial charge in [-0.3, -0.25) is 0 Å². The molecule has 0 bridgehead atoms. The van der Waals surface area contributed by atoms with Crippen molar-refractivity contribution in [2.24, 2.45) is 0 Å². The van der Waals surface area contributed by atoms with Crippen LogP contribution in [-0.4, -0.2) is 4.40 Å². The zero-order valence-electron chi connectivity index (χ0n) is 18.2. The van der Waals surface area contributed by atoms with Crippen molar-refractivity contribution in [3.05, 3.63) is 56.5 Å². The molecule has 0 saturated heterocycles.